The van der Waals surface area contributed by atoms with Crippen LogP contribution in [0.2, 0.25) is 0 Å². The Kier molecular flexibility index (Phi) is 5.40. The average Bonchev–Trinajstić information content (AvgIpc) is 3.08. The van der Waals surface area contributed by atoms with Gasteiger partial charge >= 0.3 is 0 Å². The van der Waals surface area contributed by atoms with Crippen molar-refractivity contribution in [2.75, 3.05) is 13.1 Å². The fourth-order valence-corrected chi connectivity index (χ4v) is 3.29. The van der Waals surface area contributed by atoms with Crippen LogP contribution in [0.5, 0.6) is 0 Å². The van der Waals surface area contributed by atoms with E-state index in [1.807, 2.05) is 6.20 Å². The van der Waals surface area contributed by atoms with E-state index in [9.17, 15) is 13.6 Å². The number of piperidine rings is 1. The van der Waals surface area contributed by atoms with Crippen LogP contribution in [0.1, 0.15) is 54.8 Å². The van der Waals surface area contributed by atoms with E-state index in [-0.39, 0.29) is 11.6 Å². The maximum Gasteiger partial charge on any atom is 0.275 e. The topological polar surface area (TPSA) is 51.0 Å². The summed E-state index contributed by atoms with van der Waals surface area (Å²) in [5, 5.41) is 0. The molecule has 0 aromatic carbocycles. The summed E-state index contributed by atoms with van der Waals surface area (Å²) in [5.41, 5.74) is -0.323. The molecular formula is C18H22F2N4O. The van der Waals surface area contributed by atoms with E-state index in [1.54, 1.807) is 11.1 Å². The number of likely N-dealkylation sites (tertiary alicyclic amines) is 1. The van der Waals surface area contributed by atoms with Gasteiger partial charge in [-0.2, -0.15) is 0 Å². The first-order chi connectivity index (χ1) is 12.1. The van der Waals surface area contributed by atoms with Gasteiger partial charge in [-0.1, -0.05) is 13.3 Å². The fraction of sp³-hybridized carbons (Fsp3) is 0.500. The van der Waals surface area contributed by atoms with Crippen molar-refractivity contribution in [3.63, 3.8) is 0 Å². The second-order valence-electron chi connectivity index (χ2n) is 6.41. The van der Waals surface area contributed by atoms with Gasteiger partial charge in [0.25, 0.3) is 5.91 Å². The van der Waals surface area contributed by atoms with E-state index >= 15 is 0 Å². The molecule has 1 fully saturated rings. The highest BCUT2D eigenvalue weighted by Crippen LogP contribution is 2.27. The maximum absolute atomic E-state index is 13.9. The number of aromatic nitrogens is 3. The number of carbonyl (C=O) groups is 1. The van der Waals surface area contributed by atoms with Crippen LogP contribution >= 0.6 is 0 Å². The van der Waals surface area contributed by atoms with E-state index in [4.69, 9.17) is 0 Å². The number of unbranched alkanes of at least 4 members (excludes halogenated alkanes) is 1. The second-order valence-corrected chi connectivity index (χ2v) is 6.41. The second kappa shape index (κ2) is 7.72. The highest BCUT2D eigenvalue weighted by Gasteiger charge is 2.29. The van der Waals surface area contributed by atoms with Crippen LogP contribution in [-0.2, 0) is 6.54 Å². The molecule has 134 valence electrons. The highest BCUT2D eigenvalue weighted by molar-refractivity contribution is 5.92. The van der Waals surface area contributed by atoms with E-state index in [0.29, 0.717) is 19.2 Å². The quantitative estimate of drug-likeness (QED) is 0.832. The van der Waals surface area contributed by atoms with Gasteiger partial charge < -0.3 is 9.47 Å². The summed E-state index contributed by atoms with van der Waals surface area (Å²) < 4.78 is 29.0. The molecule has 0 radical (unpaired) electrons. The number of rotatable bonds is 5. The van der Waals surface area contributed by atoms with Crippen LogP contribution in [0.4, 0.5) is 8.78 Å². The molecule has 1 aliphatic heterocycles. The van der Waals surface area contributed by atoms with Gasteiger partial charge in [0, 0.05) is 44.0 Å². The smallest absolute Gasteiger partial charge is 0.275 e. The number of pyridine rings is 1. The minimum absolute atomic E-state index is 0.119. The molecule has 3 heterocycles. The fourth-order valence-electron chi connectivity index (χ4n) is 3.29. The van der Waals surface area contributed by atoms with E-state index in [1.165, 1.54) is 0 Å². The Hall–Kier alpha value is -2.31. The van der Waals surface area contributed by atoms with Crippen molar-refractivity contribution < 1.29 is 13.6 Å². The summed E-state index contributed by atoms with van der Waals surface area (Å²) in [4.78, 5) is 22.3. The normalized spacial score (nSPS) is 17.7. The monoisotopic (exact) mass is 348 g/mol. The summed E-state index contributed by atoms with van der Waals surface area (Å²) in [5.74, 6) is -1.11. The molecule has 2 aromatic heterocycles. The van der Waals surface area contributed by atoms with Gasteiger partial charge in [0.05, 0.1) is 6.20 Å². The van der Waals surface area contributed by atoms with Crippen LogP contribution in [0.25, 0.3) is 0 Å². The molecule has 1 atom stereocenters. The van der Waals surface area contributed by atoms with Crippen molar-refractivity contribution >= 4 is 5.91 Å². The van der Waals surface area contributed by atoms with Crippen molar-refractivity contribution in [3.05, 3.63) is 47.8 Å². The molecule has 1 amide bonds. The molecule has 1 aliphatic rings. The van der Waals surface area contributed by atoms with Gasteiger partial charge in [-0.3, -0.25) is 4.79 Å². The standard InChI is InChI=1S/C18H22F2N4O/c1-2-3-7-23-9-6-21-17(23)13-5-4-8-24(12-13)18(25)16-15(20)10-14(19)11-22-16/h6,9-11,13H,2-5,7-8,12H2,1H3. The van der Waals surface area contributed by atoms with Crippen LogP contribution in [-0.4, -0.2) is 38.4 Å². The third kappa shape index (κ3) is 3.86. The molecular weight excluding hydrogens is 326 g/mol. The molecule has 1 unspecified atom stereocenters. The van der Waals surface area contributed by atoms with Gasteiger partial charge in [0.2, 0.25) is 0 Å². The highest BCUT2D eigenvalue weighted by atomic mass is 19.1. The van der Waals surface area contributed by atoms with Crippen molar-refractivity contribution in [2.24, 2.45) is 0 Å². The summed E-state index contributed by atoms with van der Waals surface area (Å²) in [6.07, 6.45) is 8.55. The van der Waals surface area contributed by atoms with Gasteiger partial charge in [0.15, 0.2) is 11.5 Å². The Bertz CT molecular complexity index is 746. The third-order valence-electron chi connectivity index (χ3n) is 4.58. The first-order valence-corrected chi connectivity index (χ1v) is 8.71. The predicted octanol–water partition coefficient (Wildman–Crippen LogP) is 3.38. The molecule has 2 aromatic rings. The number of aryl methyl sites for hydroxylation is 1. The van der Waals surface area contributed by atoms with E-state index in [0.717, 1.165) is 44.2 Å². The molecule has 0 aliphatic carbocycles. The number of carbonyl (C=O) groups excluding carboxylic acids is 1. The van der Waals surface area contributed by atoms with E-state index in [2.05, 4.69) is 21.5 Å². The predicted molar refractivity (Wildman–Crippen MR) is 89.2 cm³/mol. The van der Waals surface area contributed by atoms with Crippen LogP contribution in [0, 0.1) is 11.6 Å². The number of amides is 1. The zero-order valence-electron chi connectivity index (χ0n) is 14.3. The number of imidazole rings is 1. The molecule has 1 saturated heterocycles. The van der Waals surface area contributed by atoms with Crippen molar-refractivity contribution in [3.8, 4) is 0 Å². The minimum Gasteiger partial charge on any atom is -0.336 e. The molecule has 0 spiro atoms. The van der Waals surface area contributed by atoms with Crippen molar-refractivity contribution in [1.29, 1.82) is 0 Å². The minimum atomic E-state index is -0.920. The maximum atomic E-state index is 13.9. The Labute approximate surface area is 145 Å². The van der Waals surface area contributed by atoms with Gasteiger partial charge in [-0.25, -0.2) is 18.7 Å². The van der Waals surface area contributed by atoms with Gasteiger partial charge in [-0.05, 0) is 19.3 Å². The number of hydrogen-bond acceptors (Lipinski definition) is 3. The summed E-state index contributed by atoms with van der Waals surface area (Å²) in [6.45, 7) is 4.07. The van der Waals surface area contributed by atoms with Gasteiger partial charge in [-0.15, -0.1) is 0 Å². The molecule has 0 saturated carbocycles. The largest absolute Gasteiger partial charge is 0.336 e. The van der Waals surface area contributed by atoms with Crippen molar-refractivity contribution in [1.82, 2.24) is 19.4 Å². The molecule has 7 heteroatoms. The summed E-state index contributed by atoms with van der Waals surface area (Å²) in [7, 11) is 0. The third-order valence-corrected chi connectivity index (χ3v) is 4.58. The molecule has 5 nitrogen and oxygen atoms in total. The Morgan fingerprint density at radius 2 is 2.20 bits per heavy atom. The number of hydrogen-bond donors (Lipinski definition) is 0. The number of halogens is 2. The lowest BCUT2D eigenvalue weighted by molar-refractivity contribution is 0.0692. The van der Waals surface area contributed by atoms with Crippen LogP contribution < -0.4 is 0 Å². The zero-order valence-corrected chi connectivity index (χ0v) is 14.3. The lowest BCUT2D eigenvalue weighted by Gasteiger charge is -2.32. The molecule has 0 bridgehead atoms. The van der Waals surface area contributed by atoms with Gasteiger partial charge in [0.1, 0.15) is 11.6 Å². The van der Waals surface area contributed by atoms with Crippen molar-refractivity contribution in [2.45, 2.75) is 45.1 Å². The first kappa shape index (κ1) is 17.5. The molecule has 0 N–H and O–H groups in total. The Morgan fingerprint density at radius 3 is 2.96 bits per heavy atom. The molecule has 25 heavy (non-hydrogen) atoms. The zero-order chi connectivity index (χ0) is 17.8. The van der Waals surface area contributed by atoms with E-state index < -0.39 is 17.5 Å². The van der Waals surface area contributed by atoms with Crippen LogP contribution in [0.15, 0.2) is 24.7 Å². The molecule has 3 rings (SSSR count). The first-order valence-electron chi connectivity index (χ1n) is 8.71. The number of nitrogens with zero attached hydrogens (tertiary/aromatic N) is 4. The lowest BCUT2D eigenvalue weighted by Crippen LogP contribution is -2.40. The lowest BCUT2D eigenvalue weighted by atomic mass is 9.96. The Balaban J connectivity index is 1.75. The SMILES string of the molecule is CCCCn1ccnc1C1CCCN(C(=O)c2ncc(F)cc2F)C1. The Morgan fingerprint density at radius 1 is 1.36 bits per heavy atom. The summed E-state index contributed by atoms with van der Waals surface area (Å²) >= 11 is 0. The summed E-state index contributed by atoms with van der Waals surface area (Å²) in [6, 6.07) is 0.694. The average molecular weight is 348 g/mol. The van der Waals surface area contributed by atoms with Crippen LogP contribution in [0.3, 0.4) is 0 Å².